The third-order valence-corrected chi connectivity index (χ3v) is 9.98. The van der Waals surface area contributed by atoms with Crippen LogP contribution >= 0.6 is 0 Å². The predicted molar refractivity (Wildman–Crippen MR) is 233 cm³/mol. The zero-order valence-electron chi connectivity index (χ0n) is 36.2. The van der Waals surface area contributed by atoms with Gasteiger partial charge in [0.05, 0.1) is 30.7 Å². The number of rotatable bonds is 10. The lowest BCUT2D eigenvalue weighted by Crippen LogP contribution is -2.36. The number of ether oxygens (including phenoxy) is 7. The molecule has 0 N–H and O–H groups in total. The van der Waals surface area contributed by atoms with Crippen molar-refractivity contribution >= 4 is 51.9 Å². The van der Waals surface area contributed by atoms with Crippen molar-refractivity contribution in [3.63, 3.8) is 0 Å². The van der Waals surface area contributed by atoms with Crippen LogP contribution in [0.1, 0.15) is 19.4 Å². The van der Waals surface area contributed by atoms with Crippen LogP contribution in [0.5, 0.6) is 11.5 Å². The van der Waals surface area contributed by atoms with E-state index in [-0.39, 0.29) is 52.6 Å². The summed E-state index contributed by atoms with van der Waals surface area (Å²) in [7, 11) is 7.92. The predicted octanol–water partition coefficient (Wildman–Crippen LogP) is 4.84. The molecule has 328 valence electrons. The normalized spacial score (nSPS) is 13.3. The summed E-state index contributed by atoms with van der Waals surface area (Å²) in [5.74, 6) is -0.723. The maximum absolute atomic E-state index is 13.2. The topological polar surface area (TPSA) is 159 Å². The average Bonchev–Trinajstić information content (AvgIpc) is 3.22. The number of hydrogen-bond acceptors (Lipinski definition) is 15. The highest BCUT2D eigenvalue weighted by Crippen LogP contribution is 2.43. The third kappa shape index (κ3) is 11.5. The number of hydrogen-bond donors (Lipinski definition) is 0. The van der Waals surface area contributed by atoms with Crippen LogP contribution in [-0.4, -0.2) is 118 Å². The molecule has 16 nitrogen and oxygen atoms in total. The van der Waals surface area contributed by atoms with Gasteiger partial charge in [0, 0.05) is 75.4 Å². The molecule has 0 saturated heterocycles. The molecule has 3 aromatic rings. The van der Waals surface area contributed by atoms with E-state index in [9.17, 15) is 19.2 Å². The van der Waals surface area contributed by atoms with E-state index in [1.165, 1.54) is 13.8 Å². The highest BCUT2D eigenvalue weighted by atomic mass is 16.7. The Labute approximate surface area is 360 Å². The van der Waals surface area contributed by atoms with E-state index in [1.807, 2.05) is 105 Å². The van der Waals surface area contributed by atoms with Crippen LogP contribution in [0.2, 0.25) is 0 Å². The number of benzene rings is 4. The van der Waals surface area contributed by atoms with Gasteiger partial charge in [-0.3, -0.25) is 19.2 Å². The number of aryl methyl sites for hydroxylation is 1. The van der Waals surface area contributed by atoms with Crippen LogP contribution < -0.4 is 34.1 Å². The van der Waals surface area contributed by atoms with E-state index in [2.05, 4.69) is 12.1 Å². The lowest BCUT2D eigenvalue weighted by atomic mass is 9.93. The highest BCUT2D eigenvalue weighted by molar-refractivity contribution is 6.03. The molecule has 0 radical (unpaired) electrons. The average molecular weight is 854 g/mol. The van der Waals surface area contributed by atoms with Crippen molar-refractivity contribution in [3.05, 3.63) is 83.7 Å². The zero-order chi connectivity index (χ0) is 44.3. The Morgan fingerprint density at radius 3 is 1.87 bits per heavy atom. The Morgan fingerprint density at radius 2 is 1.29 bits per heavy atom. The van der Waals surface area contributed by atoms with Gasteiger partial charge in [0.2, 0.25) is 18.9 Å². The standard InChI is InChI=1S/C46H53N4O12/c1-30-8-14-38-42(22-30)56-20-21-57-43-23-33(46-36-12-10-34(47(4)5)24-40(36)62-41-25-35(48(6)7)11-13-37(41)46)9-15-39(43)50(27-45(54)61-29-59-32(3)52)17-19-55-18-16-49(38)26-44(53)60-28-58-31(2)51/h8-15,22-25H,16-21,26-29H2,1-7H3/q+1. The first-order chi connectivity index (χ1) is 29.8. The molecule has 3 aromatic carbocycles. The van der Waals surface area contributed by atoms with Gasteiger partial charge < -0.3 is 52.3 Å². The first-order valence-corrected chi connectivity index (χ1v) is 20.1. The number of carbonyl (C=O) groups is 4. The molecule has 0 unspecified atom stereocenters. The van der Waals surface area contributed by atoms with E-state index in [4.69, 9.17) is 37.6 Å². The van der Waals surface area contributed by atoms with Crippen molar-refractivity contribution in [3.8, 4) is 33.9 Å². The summed E-state index contributed by atoms with van der Waals surface area (Å²) in [5.41, 5.74) is 6.51. The van der Waals surface area contributed by atoms with Gasteiger partial charge in [0.1, 0.15) is 63.2 Å². The Hall–Kier alpha value is -6.81. The molecule has 0 saturated carbocycles. The van der Waals surface area contributed by atoms with Crippen LogP contribution in [0.4, 0.5) is 17.1 Å². The monoisotopic (exact) mass is 853 g/mol. The van der Waals surface area contributed by atoms with Gasteiger partial charge in [-0.05, 0) is 60.5 Å². The molecule has 0 bridgehead atoms. The summed E-state index contributed by atoms with van der Waals surface area (Å²) in [5, 5.41) is 1.88. The summed E-state index contributed by atoms with van der Waals surface area (Å²) in [6.07, 6.45) is 0. The van der Waals surface area contributed by atoms with E-state index in [0.717, 1.165) is 38.7 Å². The van der Waals surface area contributed by atoms with Crippen molar-refractivity contribution in [1.29, 1.82) is 0 Å². The van der Waals surface area contributed by atoms with Crippen molar-refractivity contribution in [2.45, 2.75) is 20.8 Å². The molecule has 16 heteroatoms. The van der Waals surface area contributed by atoms with E-state index >= 15 is 0 Å². The van der Waals surface area contributed by atoms with Crippen molar-refractivity contribution < 1.29 is 56.8 Å². The molecule has 2 aliphatic heterocycles. The number of esters is 4. The second kappa shape index (κ2) is 20.6. The molecule has 62 heavy (non-hydrogen) atoms. The number of carbonyl (C=O) groups excluding carboxylic acids is 4. The summed E-state index contributed by atoms with van der Waals surface area (Å²) in [6.45, 7) is 4.00. The second-order valence-corrected chi connectivity index (χ2v) is 15.0. The molecule has 0 fully saturated rings. The third-order valence-electron chi connectivity index (χ3n) is 9.98. The van der Waals surface area contributed by atoms with Gasteiger partial charge >= 0.3 is 23.9 Å². The van der Waals surface area contributed by atoms with Gasteiger partial charge in [-0.2, -0.15) is 0 Å². The summed E-state index contributed by atoms with van der Waals surface area (Å²) in [6, 6.07) is 23.7. The smallest absolute Gasteiger partial charge is 0.328 e. The minimum atomic E-state index is -0.637. The van der Waals surface area contributed by atoms with Gasteiger partial charge in [-0.25, -0.2) is 4.58 Å². The minimum Gasteiger partial charge on any atom is -0.488 e. The Bertz CT molecular complexity index is 2460. The molecule has 0 amide bonds. The fourth-order valence-corrected chi connectivity index (χ4v) is 6.86. The molecule has 3 aliphatic rings. The van der Waals surface area contributed by atoms with E-state index < -0.39 is 37.5 Å². The highest BCUT2D eigenvalue weighted by Gasteiger charge is 2.24. The van der Waals surface area contributed by atoms with Crippen LogP contribution in [0.3, 0.4) is 0 Å². The quantitative estimate of drug-likeness (QED) is 0.0813. The first kappa shape index (κ1) is 44.7. The molecule has 0 aromatic heterocycles. The summed E-state index contributed by atoms with van der Waals surface area (Å²) < 4.78 is 47.7. The lowest BCUT2D eigenvalue weighted by Gasteiger charge is -2.27. The van der Waals surface area contributed by atoms with Gasteiger partial charge in [-0.15, -0.1) is 0 Å². The van der Waals surface area contributed by atoms with Crippen molar-refractivity contribution in [2.24, 2.45) is 0 Å². The maximum atomic E-state index is 13.2. The Balaban J connectivity index is 1.40. The van der Waals surface area contributed by atoms with Gasteiger partial charge in [-0.1, -0.05) is 12.1 Å². The summed E-state index contributed by atoms with van der Waals surface area (Å²) in [4.78, 5) is 54.3. The molecule has 1 aliphatic carbocycles. The fraction of sp³-hybridized carbons (Fsp3) is 0.370. The van der Waals surface area contributed by atoms with Crippen molar-refractivity contribution in [1.82, 2.24) is 4.58 Å². The molecular formula is C46H53N4O12+. The van der Waals surface area contributed by atoms with E-state index in [0.29, 0.717) is 34.2 Å². The lowest BCUT2D eigenvalue weighted by molar-refractivity contribution is -0.166. The Morgan fingerprint density at radius 1 is 0.694 bits per heavy atom. The van der Waals surface area contributed by atoms with Crippen LogP contribution in [0.25, 0.3) is 33.4 Å². The number of nitrogens with zero attached hydrogens (tertiary/aromatic N) is 4. The van der Waals surface area contributed by atoms with Gasteiger partial charge in [0.25, 0.3) is 0 Å². The molecule has 6 rings (SSSR count). The first-order valence-electron chi connectivity index (χ1n) is 20.1. The molecule has 0 spiro atoms. The zero-order valence-corrected chi connectivity index (χ0v) is 36.2. The maximum Gasteiger partial charge on any atom is 0.328 e. The van der Waals surface area contributed by atoms with Gasteiger partial charge in [0.15, 0.2) is 0 Å². The minimum absolute atomic E-state index is 0.0967. The molecule has 2 heterocycles. The van der Waals surface area contributed by atoms with Crippen LogP contribution in [0.15, 0.2) is 77.2 Å². The fourth-order valence-electron chi connectivity index (χ4n) is 6.86. The second-order valence-electron chi connectivity index (χ2n) is 15.0. The Kier molecular flexibility index (Phi) is 14.9. The largest absolute Gasteiger partial charge is 0.488 e. The van der Waals surface area contributed by atoms with Crippen LogP contribution in [0, 0.1) is 6.92 Å². The summed E-state index contributed by atoms with van der Waals surface area (Å²) >= 11 is 0. The van der Waals surface area contributed by atoms with E-state index in [1.54, 1.807) is 9.80 Å². The van der Waals surface area contributed by atoms with Crippen molar-refractivity contribution in [2.75, 3.05) is 109 Å². The molecular weight excluding hydrogens is 801 g/mol. The van der Waals surface area contributed by atoms with Crippen LogP contribution in [-0.2, 0) is 42.9 Å². The number of anilines is 3. The SMILES string of the molecule is CC(=O)OCOC(=O)CN1CCOCCN(CC(=O)OCOC(C)=O)c2ccc(-c3c4ccc(=[N+](C)C)cc-4oc4cc(N(C)C)ccc34)cc2OCCOc2cc(C)ccc21. The number of fused-ring (bicyclic) bond motifs is 4. The molecule has 0 atom stereocenters.